The van der Waals surface area contributed by atoms with Gasteiger partial charge in [-0.05, 0) is 60.4 Å². The average Bonchev–Trinajstić information content (AvgIpc) is 3.63. The first-order valence-electron chi connectivity index (χ1n) is 12.0. The van der Waals surface area contributed by atoms with Gasteiger partial charge in [0, 0.05) is 26.2 Å². The van der Waals surface area contributed by atoms with Gasteiger partial charge in [0.2, 0.25) is 5.91 Å². The number of hydrogen-bond acceptors (Lipinski definition) is 4. The van der Waals surface area contributed by atoms with E-state index in [-0.39, 0.29) is 23.2 Å². The predicted octanol–water partition coefficient (Wildman–Crippen LogP) is 4.82. The normalized spacial score (nSPS) is 15.8. The lowest BCUT2D eigenvalue weighted by atomic mass is 9.97. The summed E-state index contributed by atoms with van der Waals surface area (Å²) >= 11 is 5.93. The molecule has 0 bridgehead atoms. The van der Waals surface area contributed by atoms with Crippen LogP contribution in [0.4, 0.5) is 25.8 Å². The molecule has 0 aromatic heterocycles. The van der Waals surface area contributed by atoms with Crippen LogP contribution >= 0.6 is 11.6 Å². The molecule has 1 spiro atoms. The highest BCUT2D eigenvalue weighted by molar-refractivity contribution is 6.33. The first-order valence-corrected chi connectivity index (χ1v) is 12.3. The molecule has 2 aliphatic rings. The predicted molar refractivity (Wildman–Crippen MR) is 139 cm³/mol. The highest BCUT2D eigenvalue weighted by Crippen LogP contribution is 2.59. The molecule has 3 aromatic rings. The highest BCUT2D eigenvalue weighted by atomic mass is 35.5. The van der Waals surface area contributed by atoms with Crippen molar-refractivity contribution in [3.8, 4) is 0 Å². The molecule has 2 N–H and O–H groups in total. The number of carbonyl (C=O) groups excluding carboxylic acids is 2. The average molecular weight is 540 g/mol. The van der Waals surface area contributed by atoms with E-state index in [0.717, 1.165) is 6.07 Å². The molecule has 5 rings (SSSR count). The molecule has 1 saturated carbocycles. The topological polar surface area (TPSA) is 90.0 Å². The summed E-state index contributed by atoms with van der Waals surface area (Å²) in [6.07, 6.45) is 1.22. The minimum absolute atomic E-state index is 0.0854. The Bertz CT molecular complexity index is 1450. The molecule has 0 saturated heterocycles. The molecule has 7 nitrogen and oxygen atoms in total. The third-order valence-corrected chi connectivity index (χ3v) is 7.41. The smallest absolute Gasteiger partial charge is 0.326 e. The molecule has 3 aromatic carbocycles. The van der Waals surface area contributed by atoms with Crippen LogP contribution in [0.15, 0.2) is 54.6 Å². The van der Waals surface area contributed by atoms with Gasteiger partial charge in [-0.3, -0.25) is 14.5 Å². The van der Waals surface area contributed by atoms with E-state index in [4.69, 9.17) is 11.6 Å². The fraction of sp³-hybridized carbons (Fsp3) is 0.250. The fourth-order valence-electron chi connectivity index (χ4n) is 4.93. The highest BCUT2D eigenvalue weighted by Gasteiger charge is 2.59. The number of nitrogens with one attached hydrogen (secondary N) is 1. The van der Waals surface area contributed by atoms with Gasteiger partial charge in [0.1, 0.15) is 17.7 Å². The van der Waals surface area contributed by atoms with Crippen molar-refractivity contribution in [2.45, 2.75) is 30.7 Å². The van der Waals surface area contributed by atoms with Crippen molar-refractivity contribution in [2.24, 2.45) is 0 Å². The molecule has 10 heteroatoms. The summed E-state index contributed by atoms with van der Waals surface area (Å²) in [6, 6.07) is 12.2. The summed E-state index contributed by atoms with van der Waals surface area (Å²) in [5.74, 6) is -3.59. The number of amides is 2. The van der Waals surface area contributed by atoms with Gasteiger partial charge in [-0.1, -0.05) is 29.8 Å². The van der Waals surface area contributed by atoms with E-state index in [1.54, 1.807) is 54.2 Å². The van der Waals surface area contributed by atoms with Gasteiger partial charge in [-0.25, -0.2) is 13.6 Å². The van der Waals surface area contributed by atoms with Gasteiger partial charge in [0.05, 0.1) is 27.4 Å². The molecular weight excluding hydrogens is 516 g/mol. The van der Waals surface area contributed by atoms with Gasteiger partial charge < -0.3 is 15.3 Å². The van der Waals surface area contributed by atoms with Gasteiger partial charge in [-0.15, -0.1) is 0 Å². The first kappa shape index (κ1) is 25.7. The lowest BCUT2D eigenvalue weighted by Gasteiger charge is -2.21. The summed E-state index contributed by atoms with van der Waals surface area (Å²) < 4.78 is 28.8. The summed E-state index contributed by atoms with van der Waals surface area (Å²) in [7, 11) is 3.46. The lowest BCUT2D eigenvalue weighted by molar-refractivity contribution is -0.139. The van der Waals surface area contributed by atoms with E-state index in [2.05, 4.69) is 5.32 Å². The molecule has 1 aliphatic heterocycles. The second-order valence-corrected chi connectivity index (χ2v) is 10.2. The third kappa shape index (κ3) is 4.26. The van der Waals surface area contributed by atoms with E-state index in [1.165, 1.54) is 18.2 Å². The van der Waals surface area contributed by atoms with Crippen LogP contribution in [0, 0.1) is 11.6 Å². The van der Waals surface area contributed by atoms with Crippen molar-refractivity contribution in [3.05, 3.63) is 87.9 Å². The Kier molecular flexibility index (Phi) is 6.35. The summed E-state index contributed by atoms with van der Waals surface area (Å²) in [5.41, 5.74) is 1.68. The Morgan fingerprint density at radius 3 is 2.37 bits per heavy atom. The van der Waals surface area contributed by atoms with Crippen molar-refractivity contribution >= 4 is 46.4 Å². The number of fused-ring (bicyclic) bond motifs is 2. The Labute approximate surface area is 222 Å². The van der Waals surface area contributed by atoms with Crippen LogP contribution in [0.5, 0.6) is 0 Å². The van der Waals surface area contributed by atoms with Crippen molar-refractivity contribution in [3.63, 3.8) is 0 Å². The van der Waals surface area contributed by atoms with Gasteiger partial charge in [-0.2, -0.15) is 0 Å². The van der Waals surface area contributed by atoms with E-state index in [9.17, 15) is 28.3 Å². The molecule has 1 heterocycles. The molecule has 196 valence electrons. The zero-order valence-corrected chi connectivity index (χ0v) is 21.4. The maximum Gasteiger partial charge on any atom is 0.326 e. The number of nitrogens with zero attached hydrogens (tertiary/aromatic N) is 2. The molecule has 2 amide bonds. The van der Waals surface area contributed by atoms with Crippen LogP contribution in [0.2, 0.25) is 5.02 Å². The Balaban J connectivity index is 1.39. The van der Waals surface area contributed by atoms with Crippen molar-refractivity contribution < 1.29 is 28.3 Å². The number of aliphatic carboxylic acids is 1. The molecule has 1 fully saturated rings. The van der Waals surface area contributed by atoms with Crippen molar-refractivity contribution in [1.29, 1.82) is 0 Å². The summed E-state index contributed by atoms with van der Waals surface area (Å²) in [6.45, 7) is 0. The van der Waals surface area contributed by atoms with Crippen LogP contribution in [-0.4, -0.2) is 43.0 Å². The second-order valence-electron chi connectivity index (χ2n) is 9.77. The van der Waals surface area contributed by atoms with Crippen molar-refractivity contribution in [1.82, 2.24) is 5.32 Å². The molecular formula is C28H24ClF2N3O4. The number of carbonyl (C=O) groups is 3. The van der Waals surface area contributed by atoms with Crippen LogP contribution in [0.3, 0.4) is 0 Å². The Morgan fingerprint density at radius 1 is 1.11 bits per heavy atom. The SMILES string of the molecule is CN(C)c1cc2c(cc1F)C1(CC1)C(=O)N2c1ccc(C[C@H](NC(=O)c2c(F)cccc2Cl)C(=O)O)cc1. The Hall–Kier alpha value is -3.98. The molecule has 0 unspecified atom stereocenters. The van der Waals surface area contributed by atoms with Crippen LogP contribution in [-0.2, 0) is 21.4 Å². The number of anilines is 3. The second kappa shape index (κ2) is 9.40. The monoisotopic (exact) mass is 539 g/mol. The minimum Gasteiger partial charge on any atom is -0.480 e. The molecule has 1 atom stereocenters. The van der Waals surface area contributed by atoms with E-state index in [0.29, 0.717) is 41.0 Å². The fourth-order valence-corrected chi connectivity index (χ4v) is 5.18. The summed E-state index contributed by atoms with van der Waals surface area (Å²) in [4.78, 5) is 41.1. The standard InChI is InChI=1S/C28H24ClF2N3O4/c1-33(2)23-14-22-17(13-20(23)31)28(10-11-28)27(38)34(22)16-8-6-15(7-9-16)12-21(26(36)37)32-25(35)24-18(29)4-3-5-19(24)30/h3-9,13-14,21H,10-12H2,1-2H3,(H,32,35)(H,36,37)/t21-/m0/s1. The molecule has 1 aliphatic carbocycles. The maximum absolute atomic E-state index is 14.7. The van der Waals surface area contributed by atoms with Crippen molar-refractivity contribution in [2.75, 3.05) is 23.9 Å². The van der Waals surface area contributed by atoms with Gasteiger partial charge >= 0.3 is 5.97 Å². The quantitative estimate of drug-likeness (QED) is 0.449. The summed E-state index contributed by atoms with van der Waals surface area (Å²) in [5, 5.41) is 11.9. The van der Waals surface area contributed by atoms with E-state index in [1.807, 2.05) is 0 Å². The lowest BCUT2D eigenvalue weighted by Crippen LogP contribution is -2.42. The zero-order chi connectivity index (χ0) is 27.4. The van der Waals surface area contributed by atoms with Crippen LogP contribution < -0.4 is 15.1 Å². The van der Waals surface area contributed by atoms with E-state index >= 15 is 0 Å². The number of benzene rings is 3. The number of rotatable bonds is 7. The molecule has 38 heavy (non-hydrogen) atoms. The number of halogens is 3. The van der Waals surface area contributed by atoms with E-state index < -0.39 is 34.7 Å². The van der Waals surface area contributed by atoms with Crippen LogP contribution in [0.25, 0.3) is 0 Å². The number of carboxylic acids is 1. The maximum atomic E-state index is 14.7. The first-order chi connectivity index (χ1) is 18.0. The number of carboxylic acid groups (broad SMARTS) is 1. The number of hydrogen-bond donors (Lipinski definition) is 2. The zero-order valence-electron chi connectivity index (χ0n) is 20.6. The third-order valence-electron chi connectivity index (χ3n) is 7.09. The minimum atomic E-state index is -1.35. The Morgan fingerprint density at radius 2 is 1.79 bits per heavy atom. The van der Waals surface area contributed by atoms with Gasteiger partial charge in [0.15, 0.2) is 0 Å². The van der Waals surface area contributed by atoms with Crippen LogP contribution in [0.1, 0.15) is 34.3 Å². The van der Waals surface area contributed by atoms with Gasteiger partial charge in [0.25, 0.3) is 5.91 Å². The molecule has 0 radical (unpaired) electrons. The largest absolute Gasteiger partial charge is 0.480 e.